The molecule has 4 rings (SSSR count). The molecule has 2 aliphatic heterocycles. The van der Waals surface area contributed by atoms with Crippen LogP contribution in [0.15, 0.2) is 24.4 Å². The first-order chi connectivity index (χ1) is 12.4. The summed E-state index contributed by atoms with van der Waals surface area (Å²) in [6.07, 6.45) is 4.34. The van der Waals surface area contributed by atoms with Gasteiger partial charge in [-0.25, -0.2) is 0 Å². The highest BCUT2D eigenvalue weighted by atomic mass is 16.4. The SMILES string of the molecule is Cc1ccc2c(N3CC[C@@]4(C(=O)O)CCCN(C)[C@@H]4C3)ccnc2c1C. The normalized spacial score (nSPS) is 26.7. The third kappa shape index (κ3) is 2.49. The molecule has 0 bridgehead atoms. The van der Waals surface area contributed by atoms with Crippen LogP contribution in [0.1, 0.15) is 30.4 Å². The number of likely N-dealkylation sites (tertiary alicyclic amines) is 1. The highest BCUT2D eigenvalue weighted by Gasteiger charge is 2.52. The van der Waals surface area contributed by atoms with Gasteiger partial charge in [0.15, 0.2) is 0 Å². The number of hydrogen-bond donors (Lipinski definition) is 1. The van der Waals surface area contributed by atoms with Crippen LogP contribution in [0.3, 0.4) is 0 Å². The van der Waals surface area contributed by atoms with Crippen molar-refractivity contribution >= 4 is 22.6 Å². The van der Waals surface area contributed by atoms with Gasteiger partial charge in [0.2, 0.25) is 0 Å². The van der Waals surface area contributed by atoms with Crippen molar-refractivity contribution < 1.29 is 9.90 Å². The lowest BCUT2D eigenvalue weighted by Gasteiger charge is -2.52. The van der Waals surface area contributed by atoms with Crippen LogP contribution in [0.2, 0.25) is 0 Å². The number of rotatable bonds is 2. The minimum absolute atomic E-state index is 0.0530. The van der Waals surface area contributed by atoms with E-state index in [1.807, 2.05) is 6.20 Å². The van der Waals surface area contributed by atoms with Crippen molar-refractivity contribution in [1.82, 2.24) is 9.88 Å². The molecule has 1 aromatic carbocycles. The number of likely N-dealkylation sites (N-methyl/N-ethyl adjacent to an activating group) is 1. The lowest BCUT2D eigenvalue weighted by Crippen LogP contribution is -2.63. The van der Waals surface area contributed by atoms with Crippen molar-refractivity contribution in [3.05, 3.63) is 35.5 Å². The maximum absolute atomic E-state index is 12.1. The minimum atomic E-state index is -0.625. The van der Waals surface area contributed by atoms with Crippen LogP contribution in [-0.2, 0) is 4.79 Å². The van der Waals surface area contributed by atoms with Gasteiger partial charge >= 0.3 is 5.97 Å². The Hall–Kier alpha value is -2.14. The fourth-order valence-electron chi connectivity index (χ4n) is 4.93. The van der Waals surface area contributed by atoms with E-state index in [0.29, 0.717) is 6.42 Å². The van der Waals surface area contributed by atoms with Gasteiger partial charge in [0.05, 0.1) is 10.9 Å². The molecule has 2 aliphatic rings. The van der Waals surface area contributed by atoms with Gasteiger partial charge in [-0.2, -0.15) is 0 Å². The van der Waals surface area contributed by atoms with Crippen molar-refractivity contribution in [3.63, 3.8) is 0 Å². The van der Waals surface area contributed by atoms with E-state index >= 15 is 0 Å². The second-order valence-electron chi connectivity index (χ2n) is 7.99. The average molecular weight is 353 g/mol. The van der Waals surface area contributed by atoms with Crippen LogP contribution in [0.4, 0.5) is 5.69 Å². The predicted octanol–water partition coefficient (Wildman–Crippen LogP) is 3.23. The second kappa shape index (κ2) is 6.23. The minimum Gasteiger partial charge on any atom is -0.481 e. The number of fused-ring (bicyclic) bond motifs is 2. The number of aliphatic carboxylic acids is 1. The molecule has 0 amide bonds. The van der Waals surface area contributed by atoms with Gasteiger partial charge in [0.25, 0.3) is 0 Å². The fraction of sp³-hybridized carbons (Fsp3) is 0.524. The van der Waals surface area contributed by atoms with Crippen LogP contribution in [0.25, 0.3) is 10.9 Å². The van der Waals surface area contributed by atoms with E-state index in [0.717, 1.165) is 43.4 Å². The maximum Gasteiger partial charge on any atom is 0.311 e. The predicted molar refractivity (Wildman–Crippen MR) is 104 cm³/mol. The Morgan fingerprint density at radius 2 is 2.04 bits per heavy atom. The molecule has 0 saturated carbocycles. The molecule has 138 valence electrons. The van der Waals surface area contributed by atoms with Crippen molar-refractivity contribution in [2.24, 2.45) is 5.41 Å². The molecule has 3 heterocycles. The maximum atomic E-state index is 12.1. The number of carboxylic acids is 1. The summed E-state index contributed by atoms with van der Waals surface area (Å²) in [6.45, 7) is 6.75. The molecule has 5 nitrogen and oxygen atoms in total. The van der Waals surface area contributed by atoms with E-state index in [1.54, 1.807) is 0 Å². The molecule has 0 aliphatic carbocycles. The molecule has 0 radical (unpaired) electrons. The monoisotopic (exact) mass is 353 g/mol. The summed E-state index contributed by atoms with van der Waals surface area (Å²) in [7, 11) is 2.07. The first kappa shape index (κ1) is 17.3. The van der Waals surface area contributed by atoms with E-state index in [2.05, 4.69) is 53.9 Å². The van der Waals surface area contributed by atoms with E-state index in [4.69, 9.17) is 0 Å². The number of benzene rings is 1. The fourth-order valence-corrected chi connectivity index (χ4v) is 4.93. The lowest BCUT2D eigenvalue weighted by molar-refractivity contribution is -0.158. The summed E-state index contributed by atoms with van der Waals surface area (Å²) in [5, 5.41) is 11.1. The Morgan fingerprint density at radius 1 is 1.23 bits per heavy atom. The third-order valence-electron chi connectivity index (χ3n) is 6.71. The molecule has 1 aromatic heterocycles. The summed E-state index contributed by atoms with van der Waals surface area (Å²) >= 11 is 0. The third-order valence-corrected chi connectivity index (χ3v) is 6.71. The lowest BCUT2D eigenvalue weighted by atomic mass is 9.68. The first-order valence-electron chi connectivity index (χ1n) is 9.47. The number of anilines is 1. The van der Waals surface area contributed by atoms with E-state index in [-0.39, 0.29) is 6.04 Å². The standard InChI is InChI=1S/C21H27N3O2/c1-14-5-6-16-17(7-10-22-19(16)15(14)2)24-12-9-21(20(25)26)8-4-11-23(3)18(21)13-24/h5-7,10,18H,4,8-9,11-13H2,1-3H3,(H,25,26)/t18-,21+/m1/s1. The van der Waals surface area contributed by atoms with Gasteiger partial charge in [-0.1, -0.05) is 12.1 Å². The Bertz CT molecular complexity index is 866. The molecule has 26 heavy (non-hydrogen) atoms. The zero-order chi connectivity index (χ0) is 18.5. The van der Waals surface area contributed by atoms with Gasteiger partial charge in [-0.05, 0) is 63.9 Å². The summed E-state index contributed by atoms with van der Waals surface area (Å²) < 4.78 is 0. The quantitative estimate of drug-likeness (QED) is 0.898. The van der Waals surface area contributed by atoms with Crippen molar-refractivity contribution in [2.45, 2.75) is 39.2 Å². The highest BCUT2D eigenvalue weighted by molar-refractivity contribution is 5.94. The molecule has 2 fully saturated rings. The number of aromatic nitrogens is 1. The van der Waals surface area contributed by atoms with Gasteiger partial charge in [-0.3, -0.25) is 9.78 Å². The van der Waals surface area contributed by atoms with Crippen LogP contribution in [0, 0.1) is 19.3 Å². The topological polar surface area (TPSA) is 56.7 Å². The molecule has 2 atom stereocenters. The number of carbonyl (C=O) groups is 1. The van der Waals surface area contributed by atoms with Gasteiger partial charge in [0.1, 0.15) is 0 Å². The molecular weight excluding hydrogens is 326 g/mol. The van der Waals surface area contributed by atoms with Gasteiger partial charge in [-0.15, -0.1) is 0 Å². The van der Waals surface area contributed by atoms with Crippen LogP contribution < -0.4 is 4.90 Å². The number of hydrogen-bond acceptors (Lipinski definition) is 4. The highest BCUT2D eigenvalue weighted by Crippen LogP contribution is 2.44. The van der Waals surface area contributed by atoms with Crippen LogP contribution in [0.5, 0.6) is 0 Å². The molecule has 1 N–H and O–H groups in total. The molecule has 5 heteroatoms. The number of nitrogens with zero attached hydrogens (tertiary/aromatic N) is 3. The van der Waals surface area contributed by atoms with Crippen LogP contribution >= 0.6 is 0 Å². The Labute approximate surface area is 154 Å². The van der Waals surface area contributed by atoms with Crippen molar-refractivity contribution in [3.8, 4) is 0 Å². The Balaban J connectivity index is 1.74. The number of pyridine rings is 1. The summed E-state index contributed by atoms with van der Waals surface area (Å²) in [4.78, 5) is 21.4. The zero-order valence-electron chi connectivity index (χ0n) is 15.8. The smallest absolute Gasteiger partial charge is 0.311 e. The molecule has 2 saturated heterocycles. The van der Waals surface area contributed by atoms with Crippen molar-refractivity contribution in [2.75, 3.05) is 31.6 Å². The zero-order valence-corrected chi connectivity index (χ0v) is 15.8. The van der Waals surface area contributed by atoms with E-state index in [9.17, 15) is 9.90 Å². The molecule has 0 spiro atoms. The number of piperidine rings is 2. The Kier molecular flexibility index (Phi) is 4.14. The largest absolute Gasteiger partial charge is 0.481 e. The average Bonchev–Trinajstić information content (AvgIpc) is 2.64. The molecular formula is C21H27N3O2. The Morgan fingerprint density at radius 3 is 2.81 bits per heavy atom. The molecule has 0 unspecified atom stereocenters. The second-order valence-corrected chi connectivity index (χ2v) is 7.99. The summed E-state index contributed by atoms with van der Waals surface area (Å²) in [6, 6.07) is 6.44. The first-order valence-corrected chi connectivity index (χ1v) is 9.47. The van der Waals surface area contributed by atoms with E-state index < -0.39 is 11.4 Å². The summed E-state index contributed by atoms with van der Waals surface area (Å²) in [5.41, 5.74) is 4.10. The van der Waals surface area contributed by atoms with Gasteiger partial charge < -0.3 is 14.9 Å². The van der Waals surface area contributed by atoms with Gasteiger partial charge in [0, 0.05) is 36.4 Å². The summed E-state index contributed by atoms with van der Waals surface area (Å²) in [5.74, 6) is -0.625. The van der Waals surface area contributed by atoms with Crippen molar-refractivity contribution in [1.29, 1.82) is 0 Å². The van der Waals surface area contributed by atoms with Crippen LogP contribution in [-0.4, -0.2) is 53.7 Å². The molecule has 2 aromatic rings. The van der Waals surface area contributed by atoms with E-state index in [1.165, 1.54) is 16.8 Å². The number of carboxylic acid groups (broad SMARTS) is 1. The number of aryl methyl sites for hydroxylation is 2.